The molecule has 2 fully saturated rings. The van der Waals surface area contributed by atoms with E-state index in [-0.39, 0.29) is 23.8 Å². The third-order valence-electron chi connectivity index (χ3n) is 3.83. The number of Topliss-reactive ketones (excluding diaryl/α,β-unsaturated/α-hetero) is 1. The van der Waals surface area contributed by atoms with E-state index < -0.39 is 5.60 Å². The predicted octanol–water partition coefficient (Wildman–Crippen LogP) is 2.38. The molecule has 114 valence electrons. The van der Waals surface area contributed by atoms with Gasteiger partial charge in [-0.2, -0.15) is 0 Å². The predicted molar refractivity (Wildman–Crippen MR) is 74.5 cm³/mol. The van der Waals surface area contributed by atoms with Crippen molar-refractivity contribution >= 4 is 11.9 Å². The average Bonchev–Trinajstić information content (AvgIpc) is 2.96. The van der Waals surface area contributed by atoms with Gasteiger partial charge in [0.15, 0.2) is 0 Å². The van der Waals surface area contributed by atoms with E-state index in [2.05, 4.69) is 0 Å². The number of nitrogens with zero attached hydrogens (tertiary/aromatic N) is 1. The van der Waals surface area contributed by atoms with Gasteiger partial charge < -0.3 is 14.4 Å². The summed E-state index contributed by atoms with van der Waals surface area (Å²) >= 11 is 0. The van der Waals surface area contributed by atoms with Crippen LogP contribution in [0.3, 0.4) is 0 Å². The number of likely N-dealkylation sites (tertiary alicyclic amines) is 1. The molecule has 0 aromatic heterocycles. The van der Waals surface area contributed by atoms with E-state index in [0.717, 1.165) is 19.3 Å². The van der Waals surface area contributed by atoms with Gasteiger partial charge in [-0.15, -0.1) is 0 Å². The first-order chi connectivity index (χ1) is 9.37. The Morgan fingerprint density at radius 2 is 2.05 bits per heavy atom. The number of ketones is 1. The lowest BCUT2D eigenvalue weighted by atomic mass is 9.96. The second-order valence-electron chi connectivity index (χ2n) is 6.70. The van der Waals surface area contributed by atoms with Crippen LogP contribution < -0.4 is 0 Å². The van der Waals surface area contributed by atoms with Crippen LogP contribution in [0.2, 0.25) is 0 Å². The zero-order valence-electron chi connectivity index (χ0n) is 12.7. The summed E-state index contributed by atoms with van der Waals surface area (Å²) in [5.41, 5.74) is -0.493. The smallest absolute Gasteiger partial charge is 0.410 e. The maximum atomic E-state index is 12.2. The molecular formula is C15H25NO4. The Balaban J connectivity index is 1.90. The molecule has 20 heavy (non-hydrogen) atoms. The molecular weight excluding hydrogens is 258 g/mol. The van der Waals surface area contributed by atoms with E-state index in [1.165, 1.54) is 0 Å². The van der Waals surface area contributed by atoms with Crippen molar-refractivity contribution in [3.63, 3.8) is 0 Å². The van der Waals surface area contributed by atoms with E-state index in [4.69, 9.17) is 9.47 Å². The number of amides is 1. The normalized spacial score (nSPS) is 26.9. The molecule has 2 aliphatic rings. The van der Waals surface area contributed by atoms with Crippen LogP contribution in [0, 0.1) is 5.92 Å². The first kappa shape index (κ1) is 15.3. The molecule has 2 rings (SSSR count). The minimum absolute atomic E-state index is 0.00190. The van der Waals surface area contributed by atoms with Gasteiger partial charge in [-0.1, -0.05) is 0 Å². The topological polar surface area (TPSA) is 55.8 Å². The number of rotatable bonds is 3. The molecule has 1 amide bonds. The standard InChI is InChI=1S/C15H25NO4/c1-15(2,3)20-14(18)16-7-4-5-12(16)9-13(17)11-6-8-19-10-11/h11-12H,4-10H2,1-3H3. The Hall–Kier alpha value is -1.10. The molecule has 5 nitrogen and oxygen atoms in total. The quantitative estimate of drug-likeness (QED) is 0.798. The average molecular weight is 283 g/mol. The lowest BCUT2D eigenvalue weighted by Crippen LogP contribution is -2.41. The zero-order valence-corrected chi connectivity index (χ0v) is 12.7. The van der Waals surface area contributed by atoms with Crippen LogP contribution in [0.25, 0.3) is 0 Å². The zero-order chi connectivity index (χ0) is 14.8. The minimum Gasteiger partial charge on any atom is -0.444 e. The second kappa shape index (κ2) is 6.12. The Bertz CT molecular complexity index is 369. The van der Waals surface area contributed by atoms with Crippen LogP contribution in [-0.2, 0) is 14.3 Å². The van der Waals surface area contributed by atoms with Gasteiger partial charge in [-0.25, -0.2) is 4.79 Å². The molecule has 0 aromatic rings. The molecule has 0 N–H and O–H groups in total. The molecule has 0 bridgehead atoms. The van der Waals surface area contributed by atoms with Crippen molar-refractivity contribution in [2.45, 2.75) is 58.1 Å². The molecule has 2 heterocycles. The first-order valence-electron chi connectivity index (χ1n) is 7.47. The maximum Gasteiger partial charge on any atom is 0.410 e. The van der Waals surface area contributed by atoms with Crippen molar-refractivity contribution in [2.75, 3.05) is 19.8 Å². The van der Waals surface area contributed by atoms with Crippen LogP contribution in [0.4, 0.5) is 4.79 Å². The fourth-order valence-electron chi connectivity index (χ4n) is 2.80. The summed E-state index contributed by atoms with van der Waals surface area (Å²) in [6.45, 7) is 7.48. The summed E-state index contributed by atoms with van der Waals surface area (Å²) in [4.78, 5) is 26.1. The molecule has 0 aromatic carbocycles. The molecule has 0 radical (unpaired) electrons. The van der Waals surface area contributed by atoms with E-state index in [1.807, 2.05) is 20.8 Å². The monoisotopic (exact) mass is 283 g/mol. The summed E-state index contributed by atoms with van der Waals surface area (Å²) in [5.74, 6) is 0.249. The van der Waals surface area contributed by atoms with E-state index in [0.29, 0.717) is 26.2 Å². The van der Waals surface area contributed by atoms with Gasteiger partial charge in [0.2, 0.25) is 0 Å². The van der Waals surface area contributed by atoms with Gasteiger partial charge in [0.1, 0.15) is 11.4 Å². The van der Waals surface area contributed by atoms with Crippen molar-refractivity contribution < 1.29 is 19.1 Å². The summed E-state index contributed by atoms with van der Waals surface area (Å²) in [6, 6.07) is -0.00190. The highest BCUT2D eigenvalue weighted by molar-refractivity contribution is 5.82. The van der Waals surface area contributed by atoms with Crippen molar-refractivity contribution in [2.24, 2.45) is 5.92 Å². The Morgan fingerprint density at radius 3 is 2.65 bits per heavy atom. The van der Waals surface area contributed by atoms with Crippen molar-refractivity contribution in [1.82, 2.24) is 4.90 Å². The second-order valence-corrected chi connectivity index (χ2v) is 6.70. The third-order valence-corrected chi connectivity index (χ3v) is 3.83. The van der Waals surface area contributed by atoms with Crippen LogP contribution in [-0.4, -0.2) is 48.2 Å². The van der Waals surface area contributed by atoms with Crippen LogP contribution >= 0.6 is 0 Å². The Kier molecular flexibility index (Phi) is 4.68. The molecule has 2 atom stereocenters. The third kappa shape index (κ3) is 3.95. The lowest BCUT2D eigenvalue weighted by Gasteiger charge is -2.28. The SMILES string of the molecule is CC(C)(C)OC(=O)N1CCCC1CC(=O)C1CCOC1. The summed E-state index contributed by atoms with van der Waals surface area (Å²) in [7, 11) is 0. The lowest BCUT2D eigenvalue weighted by molar-refractivity contribution is -0.123. The molecule has 2 saturated heterocycles. The number of hydrogen-bond donors (Lipinski definition) is 0. The largest absolute Gasteiger partial charge is 0.444 e. The number of carbonyl (C=O) groups excluding carboxylic acids is 2. The van der Waals surface area contributed by atoms with Crippen LogP contribution in [0.15, 0.2) is 0 Å². The highest BCUT2D eigenvalue weighted by Crippen LogP contribution is 2.25. The van der Waals surface area contributed by atoms with Gasteiger partial charge in [0.05, 0.1) is 6.61 Å². The van der Waals surface area contributed by atoms with Gasteiger partial charge in [0.25, 0.3) is 0 Å². The van der Waals surface area contributed by atoms with Gasteiger partial charge in [-0.3, -0.25) is 4.79 Å². The van der Waals surface area contributed by atoms with Gasteiger partial charge in [0, 0.05) is 31.5 Å². The molecule has 0 saturated carbocycles. The summed E-state index contributed by atoms with van der Waals surface area (Å²) < 4.78 is 10.7. The minimum atomic E-state index is -0.493. The molecule has 5 heteroatoms. The fraction of sp³-hybridized carbons (Fsp3) is 0.867. The highest BCUT2D eigenvalue weighted by atomic mass is 16.6. The van der Waals surface area contributed by atoms with E-state index in [9.17, 15) is 9.59 Å². The number of ether oxygens (including phenoxy) is 2. The van der Waals surface area contributed by atoms with E-state index in [1.54, 1.807) is 4.90 Å². The molecule has 0 spiro atoms. The highest BCUT2D eigenvalue weighted by Gasteiger charge is 2.35. The van der Waals surface area contributed by atoms with Gasteiger partial charge >= 0.3 is 6.09 Å². The molecule has 2 aliphatic heterocycles. The maximum absolute atomic E-state index is 12.2. The first-order valence-corrected chi connectivity index (χ1v) is 7.47. The van der Waals surface area contributed by atoms with Crippen molar-refractivity contribution in [1.29, 1.82) is 0 Å². The van der Waals surface area contributed by atoms with Crippen LogP contribution in [0.5, 0.6) is 0 Å². The molecule has 0 aliphatic carbocycles. The Morgan fingerprint density at radius 1 is 1.30 bits per heavy atom. The van der Waals surface area contributed by atoms with Crippen LogP contribution in [0.1, 0.15) is 46.5 Å². The van der Waals surface area contributed by atoms with Crippen molar-refractivity contribution in [3.05, 3.63) is 0 Å². The Labute approximate surface area is 120 Å². The number of carbonyl (C=O) groups is 2. The van der Waals surface area contributed by atoms with Gasteiger partial charge in [-0.05, 0) is 40.0 Å². The summed E-state index contributed by atoms with van der Waals surface area (Å²) in [5, 5.41) is 0. The molecule has 2 unspecified atom stereocenters. The fourth-order valence-corrected chi connectivity index (χ4v) is 2.80. The summed E-state index contributed by atoms with van der Waals surface area (Å²) in [6.07, 6.45) is 2.79. The van der Waals surface area contributed by atoms with E-state index >= 15 is 0 Å². The number of hydrogen-bond acceptors (Lipinski definition) is 4. The van der Waals surface area contributed by atoms with Crippen molar-refractivity contribution in [3.8, 4) is 0 Å².